The van der Waals surface area contributed by atoms with Crippen LogP contribution in [-0.2, 0) is 9.47 Å². The van der Waals surface area contributed by atoms with Crippen LogP contribution < -0.4 is 15.4 Å². The number of benzene rings is 1. The van der Waals surface area contributed by atoms with Crippen LogP contribution >= 0.6 is 23.2 Å². The molecule has 0 spiro atoms. The molecule has 0 aliphatic carbocycles. The molecule has 6 nitrogen and oxygen atoms in total. The summed E-state index contributed by atoms with van der Waals surface area (Å²) in [7, 11) is 1.74. The van der Waals surface area contributed by atoms with Crippen molar-refractivity contribution in [3.8, 4) is 5.75 Å². The van der Waals surface area contributed by atoms with E-state index in [1.54, 1.807) is 19.2 Å². The van der Waals surface area contributed by atoms with E-state index in [4.69, 9.17) is 37.4 Å². The Morgan fingerprint density at radius 3 is 2.74 bits per heavy atom. The summed E-state index contributed by atoms with van der Waals surface area (Å²) in [5.74, 6) is 1.96. The van der Waals surface area contributed by atoms with Crippen molar-refractivity contribution in [2.24, 2.45) is 10.9 Å². The van der Waals surface area contributed by atoms with Gasteiger partial charge in [0.2, 0.25) is 0 Å². The molecule has 0 saturated carbocycles. The maximum atomic E-state index is 6.09. The normalized spacial score (nSPS) is 15.6. The van der Waals surface area contributed by atoms with E-state index in [9.17, 15) is 0 Å². The number of hydrogen-bond donors (Lipinski definition) is 2. The maximum absolute atomic E-state index is 6.09. The molecule has 1 aromatic carbocycles. The van der Waals surface area contributed by atoms with Gasteiger partial charge in [-0.25, -0.2) is 0 Å². The summed E-state index contributed by atoms with van der Waals surface area (Å²) in [5.41, 5.74) is 0. The summed E-state index contributed by atoms with van der Waals surface area (Å²) >= 11 is 12.1. The highest BCUT2D eigenvalue weighted by molar-refractivity contribution is 6.42. The Kier molecular flexibility index (Phi) is 10.7. The highest BCUT2D eigenvalue weighted by atomic mass is 35.5. The van der Waals surface area contributed by atoms with Crippen molar-refractivity contribution in [2.45, 2.75) is 19.3 Å². The third-order valence-electron chi connectivity index (χ3n) is 4.24. The second-order valence-electron chi connectivity index (χ2n) is 6.31. The molecule has 27 heavy (non-hydrogen) atoms. The van der Waals surface area contributed by atoms with E-state index >= 15 is 0 Å². The van der Waals surface area contributed by atoms with Gasteiger partial charge in [-0.2, -0.15) is 0 Å². The van der Waals surface area contributed by atoms with Crippen LogP contribution in [0, 0.1) is 5.92 Å². The number of nitrogens with one attached hydrogen (secondary N) is 2. The molecule has 8 heteroatoms. The fraction of sp³-hybridized carbons (Fsp3) is 0.632. The van der Waals surface area contributed by atoms with E-state index < -0.39 is 0 Å². The first kappa shape index (κ1) is 22.1. The summed E-state index contributed by atoms with van der Waals surface area (Å²) in [5, 5.41) is 7.38. The lowest BCUT2D eigenvalue weighted by molar-refractivity contribution is 0.0203. The molecule has 1 saturated heterocycles. The zero-order valence-electron chi connectivity index (χ0n) is 15.8. The molecule has 0 amide bonds. The number of guanidine groups is 1. The van der Waals surface area contributed by atoms with Crippen molar-refractivity contribution >= 4 is 29.2 Å². The van der Waals surface area contributed by atoms with Crippen molar-refractivity contribution in [3.63, 3.8) is 0 Å². The molecule has 1 aromatic rings. The first-order valence-electron chi connectivity index (χ1n) is 9.37. The van der Waals surface area contributed by atoms with Crippen molar-refractivity contribution in [2.75, 3.05) is 53.2 Å². The van der Waals surface area contributed by atoms with E-state index in [-0.39, 0.29) is 0 Å². The van der Waals surface area contributed by atoms with Crippen LogP contribution in [0.5, 0.6) is 5.75 Å². The molecule has 1 fully saturated rings. The van der Waals surface area contributed by atoms with Crippen LogP contribution in [0.3, 0.4) is 0 Å². The Hall–Kier alpha value is -1.21. The smallest absolute Gasteiger partial charge is 0.191 e. The van der Waals surface area contributed by atoms with Crippen LogP contribution in [0.2, 0.25) is 10.0 Å². The fourth-order valence-corrected chi connectivity index (χ4v) is 3.04. The minimum Gasteiger partial charge on any atom is -0.490 e. The predicted octanol–water partition coefficient (Wildman–Crippen LogP) is 3.37. The Balaban J connectivity index is 1.50. The van der Waals surface area contributed by atoms with Gasteiger partial charge in [0, 0.05) is 40.0 Å². The van der Waals surface area contributed by atoms with Gasteiger partial charge in [0.05, 0.1) is 11.6 Å². The van der Waals surface area contributed by atoms with E-state index in [1.807, 2.05) is 6.07 Å². The molecule has 0 unspecified atom stereocenters. The quantitative estimate of drug-likeness (QED) is 0.347. The van der Waals surface area contributed by atoms with Gasteiger partial charge in [-0.3, -0.25) is 4.99 Å². The monoisotopic (exact) mass is 417 g/mol. The van der Waals surface area contributed by atoms with Gasteiger partial charge in [0.25, 0.3) is 0 Å². The standard InChI is InChI=1S/C19H29Cl2N3O3/c1-22-19(23-8-3-10-26-14-15-6-11-25-12-7-15)24-9-13-27-17-5-2-4-16(20)18(17)21/h2,4-5,15H,3,6-14H2,1H3,(H2,22,23,24). The lowest BCUT2D eigenvalue weighted by atomic mass is 10.0. The zero-order valence-corrected chi connectivity index (χ0v) is 17.3. The number of hydrogen-bond acceptors (Lipinski definition) is 4. The van der Waals surface area contributed by atoms with Gasteiger partial charge in [0.15, 0.2) is 5.96 Å². The first-order valence-corrected chi connectivity index (χ1v) is 10.1. The van der Waals surface area contributed by atoms with Gasteiger partial charge < -0.3 is 24.8 Å². The molecule has 1 aliphatic heterocycles. The predicted molar refractivity (Wildman–Crippen MR) is 110 cm³/mol. The summed E-state index contributed by atoms with van der Waals surface area (Å²) in [6.45, 7) is 5.17. The zero-order chi connectivity index (χ0) is 19.3. The SMILES string of the molecule is CN=C(NCCCOCC1CCOCC1)NCCOc1cccc(Cl)c1Cl. The van der Waals surface area contributed by atoms with Gasteiger partial charge in [0.1, 0.15) is 17.4 Å². The lowest BCUT2D eigenvalue weighted by Gasteiger charge is -2.21. The third kappa shape index (κ3) is 8.56. The molecular weight excluding hydrogens is 389 g/mol. The highest BCUT2D eigenvalue weighted by Crippen LogP contribution is 2.31. The molecule has 1 heterocycles. The van der Waals surface area contributed by atoms with Gasteiger partial charge in [-0.15, -0.1) is 0 Å². The average Bonchev–Trinajstić information content (AvgIpc) is 2.70. The van der Waals surface area contributed by atoms with Crippen LogP contribution in [0.25, 0.3) is 0 Å². The molecule has 152 valence electrons. The Morgan fingerprint density at radius 1 is 1.19 bits per heavy atom. The number of halogens is 2. The largest absolute Gasteiger partial charge is 0.490 e. The van der Waals surface area contributed by atoms with E-state index in [0.29, 0.717) is 34.9 Å². The number of ether oxygens (including phenoxy) is 3. The highest BCUT2D eigenvalue weighted by Gasteiger charge is 2.13. The molecule has 1 aliphatic rings. The van der Waals surface area contributed by atoms with Crippen LogP contribution in [-0.4, -0.2) is 59.1 Å². The number of nitrogens with zero attached hydrogens (tertiary/aromatic N) is 1. The van der Waals surface area contributed by atoms with E-state index in [2.05, 4.69) is 15.6 Å². The van der Waals surface area contributed by atoms with Crippen LogP contribution in [0.1, 0.15) is 19.3 Å². The summed E-state index contributed by atoms with van der Waals surface area (Å²) < 4.78 is 16.7. The summed E-state index contributed by atoms with van der Waals surface area (Å²) in [4.78, 5) is 4.19. The molecule has 0 aromatic heterocycles. The minimum atomic E-state index is 0.433. The maximum Gasteiger partial charge on any atom is 0.191 e. The summed E-state index contributed by atoms with van der Waals surface area (Å²) in [6.07, 6.45) is 3.15. The van der Waals surface area contributed by atoms with Crippen molar-refractivity contribution in [1.29, 1.82) is 0 Å². The minimum absolute atomic E-state index is 0.433. The molecule has 0 bridgehead atoms. The number of aliphatic imine (C=N–C) groups is 1. The van der Waals surface area contributed by atoms with Gasteiger partial charge in [-0.05, 0) is 37.3 Å². The van der Waals surface area contributed by atoms with Gasteiger partial charge in [-0.1, -0.05) is 29.3 Å². The van der Waals surface area contributed by atoms with Crippen molar-refractivity contribution in [3.05, 3.63) is 28.2 Å². The van der Waals surface area contributed by atoms with E-state index in [0.717, 1.165) is 58.2 Å². The Morgan fingerprint density at radius 2 is 1.96 bits per heavy atom. The fourth-order valence-electron chi connectivity index (χ4n) is 2.69. The van der Waals surface area contributed by atoms with Crippen LogP contribution in [0.15, 0.2) is 23.2 Å². The average molecular weight is 418 g/mol. The van der Waals surface area contributed by atoms with Crippen molar-refractivity contribution < 1.29 is 14.2 Å². The lowest BCUT2D eigenvalue weighted by Crippen LogP contribution is -2.40. The summed E-state index contributed by atoms with van der Waals surface area (Å²) in [6, 6.07) is 5.33. The van der Waals surface area contributed by atoms with Gasteiger partial charge >= 0.3 is 0 Å². The Bertz CT molecular complexity index is 581. The molecule has 0 atom stereocenters. The Labute approximate surface area is 171 Å². The first-order chi connectivity index (χ1) is 13.2. The third-order valence-corrected chi connectivity index (χ3v) is 5.05. The number of rotatable bonds is 10. The molecule has 2 rings (SSSR count). The molecule has 2 N–H and O–H groups in total. The van der Waals surface area contributed by atoms with Crippen molar-refractivity contribution in [1.82, 2.24) is 10.6 Å². The second-order valence-corrected chi connectivity index (χ2v) is 7.10. The molecule has 0 radical (unpaired) electrons. The van der Waals surface area contributed by atoms with E-state index in [1.165, 1.54) is 0 Å². The second kappa shape index (κ2) is 13.0. The molecular formula is C19H29Cl2N3O3. The van der Waals surface area contributed by atoms with Crippen LogP contribution in [0.4, 0.5) is 0 Å². The topological polar surface area (TPSA) is 64.1 Å².